The van der Waals surface area contributed by atoms with E-state index in [4.69, 9.17) is 11.6 Å². The monoisotopic (exact) mass is 307 g/mol. The third-order valence-corrected chi connectivity index (χ3v) is 4.86. The average molecular weight is 308 g/mol. The number of piperidine rings is 1. The Kier molecular flexibility index (Phi) is 4.76. The molecule has 1 aromatic rings. The first kappa shape index (κ1) is 14.8. The predicted molar refractivity (Wildman–Crippen MR) is 83.1 cm³/mol. The van der Waals surface area contributed by atoms with Gasteiger partial charge < -0.3 is 4.90 Å². The van der Waals surface area contributed by atoms with E-state index in [0.717, 1.165) is 56.2 Å². The highest BCUT2D eigenvalue weighted by atomic mass is 35.5. The van der Waals surface area contributed by atoms with Gasteiger partial charge in [-0.3, -0.25) is 14.7 Å². The molecule has 0 unspecified atom stereocenters. The van der Waals surface area contributed by atoms with Gasteiger partial charge in [0.2, 0.25) is 5.91 Å². The van der Waals surface area contributed by atoms with Crippen molar-refractivity contribution in [3.8, 4) is 0 Å². The molecule has 1 aromatic heterocycles. The SMILES string of the molecule is O=C1CCCN1C[C@H]1CCCN(Cc2cnccc2Cl)C1. The van der Waals surface area contributed by atoms with E-state index in [2.05, 4.69) is 9.88 Å². The van der Waals surface area contributed by atoms with Crippen LogP contribution < -0.4 is 0 Å². The number of carbonyl (C=O) groups excluding carboxylic acids is 1. The maximum Gasteiger partial charge on any atom is 0.222 e. The molecule has 21 heavy (non-hydrogen) atoms. The van der Waals surface area contributed by atoms with Crippen LogP contribution in [-0.2, 0) is 11.3 Å². The van der Waals surface area contributed by atoms with E-state index in [0.29, 0.717) is 11.8 Å². The maximum atomic E-state index is 11.8. The molecule has 2 aliphatic heterocycles. The summed E-state index contributed by atoms with van der Waals surface area (Å²) in [6.07, 6.45) is 7.77. The smallest absolute Gasteiger partial charge is 0.222 e. The van der Waals surface area contributed by atoms with E-state index in [-0.39, 0.29) is 0 Å². The lowest BCUT2D eigenvalue weighted by atomic mass is 9.97. The molecular formula is C16H22ClN3O. The van der Waals surface area contributed by atoms with Gasteiger partial charge in [-0.05, 0) is 37.8 Å². The minimum absolute atomic E-state index is 0.336. The van der Waals surface area contributed by atoms with E-state index in [1.165, 1.54) is 12.8 Å². The number of nitrogens with zero attached hydrogens (tertiary/aromatic N) is 3. The van der Waals surface area contributed by atoms with Crippen molar-refractivity contribution in [1.82, 2.24) is 14.8 Å². The fourth-order valence-electron chi connectivity index (χ4n) is 3.42. The number of carbonyl (C=O) groups is 1. The molecule has 0 saturated carbocycles. The van der Waals surface area contributed by atoms with Crippen molar-refractivity contribution < 1.29 is 4.79 Å². The Hall–Kier alpha value is -1.13. The summed E-state index contributed by atoms with van der Waals surface area (Å²) in [6.45, 7) is 4.89. The molecule has 3 rings (SSSR count). The van der Waals surface area contributed by atoms with Crippen LogP contribution in [-0.4, -0.2) is 46.9 Å². The summed E-state index contributed by atoms with van der Waals surface area (Å²) in [4.78, 5) is 20.4. The zero-order chi connectivity index (χ0) is 14.7. The lowest BCUT2D eigenvalue weighted by Crippen LogP contribution is -2.41. The summed E-state index contributed by atoms with van der Waals surface area (Å²) >= 11 is 6.22. The normalized spacial score (nSPS) is 23.8. The van der Waals surface area contributed by atoms with Gasteiger partial charge in [-0.1, -0.05) is 11.6 Å². The van der Waals surface area contributed by atoms with E-state index < -0.39 is 0 Å². The molecule has 1 atom stereocenters. The van der Waals surface area contributed by atoms with Gasteiger partial charge in [0.15, 0.2) is 0 Å². The van der Waals surface area contributed by atoms with Gasteiger partial charge in [0.1, 0.15) is 0 Å². The fourth-order valence-corrected chi connectivity index (χ4v) is 3.58. The molecule has 0 spiro atoms. The molecule has 1 amide bonds. The molecule has 0 bridgehead atoms. The van der Waals surface area contributed by atoms with Crippen LogP contribution in [0.2, 0.25) is 5.02 Å². The zero-order valence-corrected chi connectivity index (χ0v) is 13.1. The van der Waals surface area contributed by atoms with Crippen LogP contribution in [0.4, 0.5) is 0 Å². The van der Waals surface area contributed by atoms with Crippen LogP contribution in [0.3, 0.4) is 0 Å². The van der Waals surface area contributed by atoms with Crippen LogP contribution in [0.1, 0.15) is 31.2 Å². The van der Waals surface area contributed by atoms with Gasteiger partial charge in [-0.25, -0.2) is 0 Å². The average Bonchev–Trinajstić information content (AvgIpc) is 2.87. The minimum Gasteiger partial charge on any atom is -0.342 e. The second-order valence-electron chi connectivity index (χ2n) is 6.15. The molecule has 0 aromatic carbocycles. The quantitative estimate of drug-likeness (QED) is 0.858. The molecule has 114 valence electrons. The van der Waals surface area contributed by atoms with Crippen LogP contribution in [0.15, 0.2) is 18.5 Å². The van der Waals surface area contributed by atoms with Gasteiger partial charge in [-0.2, -0.15) is 0 Å². The van der Waals surface area contributed by atoms with Gasteiger partial charge in [0.05, 0.1) is 0 Å². The summed E-state index contributed by atoms with van der Waals surface area (Å²) < 4.78 is 0. The van der Waals surface area contributed by atoms with E-state index in [1.807, 2.05) is 17.2 Å². The topological polar surface area (TPSA) is 36.4 Å². The second kappa shape index (κ2) is 6.75. The number of hydrogen-bond donors (Lipinski definition) is 0. The lowest BCUT2D eigenvalue weighted by molar-refractivity contribution is -0.128. The van der Waals surface area contributed by atoms with Crippen molar-refractivity contribution in [1.29, 1.82) is 0 Å². The Morgan fingerprint density at radius 1 is 1.33 bits per heavy atom. The molecule has 4 nitrogen and oxygen atoms in total. The number of rotatable bonds is 4. The standard InChI is InChI=1S/C16H22ClN3O/c17-15-5-6-18-9-14(15)12-19-7-1-3-13(10-19)11-20-8-2-4-16(20)21/h5-6,9,13H,1-4,7-8,10-12H2/t13-/m0/s1. The number of pyridine rings is 1. The highest BCUT2D eigenvalue weighted by Crippen LogP contribution is 2.23. The second-order valence-corrected chi connectivity index (χ2v) is 6.56. The zero-order valence-electron chi connectivity index (χ0n) is 12.3. The molecule has 2 aliphatic rings. The van der Waals surface area contributed by atoms with Gasteiger partial charge >= 0.3 is 0 Å². The van der Waals surface area contributed by atoms with Crippen LogP contribution in [0, 0.1) is 5.92 Å². The van der Waals surface area contributed by atoms with Crippen molar-refractivity contribution in [3.05, 3.63) is 29.0 Å². The van der Waals surface area contributed by atoms with Crippen molar-refractivity contribution in [2.75, 3.05) is 26.2 Å². The maximum absolute atomic E-state index is 11.8. The molecule has 3 heterocycles. The number of aromatic nitrogens is 1. The van der Waals surface area contributed by atoms with Crippen LogP contribution in [0.5, 0.6) is 0 Å². The first-order valence-corrected chi connectivity index (χ1v) is 8.18. The molecule has 2 fully saturated rings. The third-order valence-electron chi connectivity index (χ3n) is 4.49. The molecular weight excluding hydrogens is 286 g/mol. The molecule has 0 radical (unpaired) electrons. The highest BCUT2D eigenvalue weighted by Gasteiger charge is 2.26. The highest BCUT2D eigenvalue weighted by molar-refractivity contribution is 6.31. The number of halogens is 1. The summed E-state index contributed by atoms with van der Waals surface area (Å²) in [6, 6.07) is 1.85. The molecule has 0 N–H and O–H groups in total. The number of likely N-dealkylation sites (tertiary alicyclic amines) is 2. The summed E-state index contributed by atoms with van der Waals surface area (Å²) in [5.74, 6) is 0.929. The first-order chi connectivity index (χ1) is 10.2. The summed E-state index contributed by atoms with van der Waals surface area (Å²) in [5, 5.41) is 0.793. The third kappa shape index (κ3) is 3.74. The van der Waals surface area contributed by atoms with E-state index in [1.54, 1.807) is 6.20 Å². The molecule has 0 aliphatic carbocycles. The Morgan fingerprint density at radius 2 is 2.24 bits per heavy atom. The van der Waals surface area contributed by atoms with E-state index >= 15 is 0 Å². The Balaban J connectivity index is 1.56. The lowest BCUT2D eigenvalue weighted by Gasteiger charge is -2.34. The summed E-state index contributed by atoms with van der Waals surface area (Å²) in [5.41, 5.74) is 1.09. The number of hydrogen-bond acceptors (Lipinski definition) is 3. The van der Waals surface area contributed by atoms with Crippen molar-refractivity contribution in [3.63, 3.8) is 0 Å². The van der Waals surface area contributed by atoms with Crippen molar-refractivity contribution >= 4 is 17.5 Å². The number of amides is 1. The molecule has 5 heteroatoms. The largest absolute Gasteiger partial charge is 0.342 e. The van der Waals surface area contributed by atoms with Gasteiger partial charge in [0, 0.05) is 55.6 Å². The van der Waals surface area contributed by atoms with Gasteiger partial charge in [-0.15, -0.1) is 0 Å². The van der Waals surface area contributed by atoms with Gasteiger partial charge in [0.25, 0.3) is 0 Å². The molecule has 2 saturated heterocycles. The van der Waals surface area contributed by atoms with Crippen LogP contribution >= 0.6 is 11.6 Å². The van der Waals surface area contributed by atoms with Crippen molar-refractivity contribution in [2.45, 2.75) is 32.2 Å². The van der Waals surface area contributed by atoms with E-state index in [9.17, 15) is 4.79 Å². The Labute approximate surface area is 131 Å². The predicted octanol–water partition coefficient (Wildman–Crippen LogP) is 2.57. The van der Waals surface area contributed by atoms with Crippen LogP contribution in [0.25, 0.3) is 0 Å². The first-order valence-electron chi connectivity index (χ1n) is 7.81. The summed E-state index contributed by atoms with van der Waals surface area (Å²) in [7, 11) is 0. The minimum atomic E-state index is 0.336. The van der Waals surface area contributed by atoms with Crippen molar-refractivity contribution in [2.24, 2.45) is 5.92 Å². The Morgan fingerprint density at radius 3 is 3.00 bits per heavy atom. The Bertz CT molecular complexity index is 508. The fraction of sp³-hybridized carbons (Fsp3) is 0.625.